The normalized spacial score (nSPS) is 18.6. The van der Waals surface area contributed by atoms with Gasteiger partial charge in [0.25, 0.3) is 4.70 Å². The van der Waals surface area contributed by atoms with Crippen molar-refractivity contribution < 1.29 is 18.0 Å². The minimum absolute atomic E-state index is 0.207. The highest BCUT2D eigenvalue weighted by Crippen LogP contribution is 2.35. The van der Waals surface area contributed by atoms with Crippen LogP contribution >= 0.6 is 10.5 Å². The number of urea groups is 1. The van der Waals surface area contributed by atoms with E-state index in [1.165, 1.54) is 4.57 Å². The Bertz CT molecular complexity index is 1100. The second-order valence-electron chi connectivity index (χ2n) is 7.90. The number of hydrogen-bond donors (Lipinski definition) is 1. The molecule has 2 fully saturated rings. The Kier molecular flexibility index (Phi) is 5.41. The molecule has 1 saturated heterocycles. The summed E-state index contributed by atoms with van der Waals surface area (Å²) in [6.45, 7) is 0.817. The van der Waals surface area contributed by atoms with Crippen LogP contribution in [-0.4, -0.2) is 39.3 Å². The minimum Gasteiger partial charge on any atom is -0.336 e. The molecule has 1 N–H and O–H groups in total. The Morgan fingerprint density at radius 2 is 1.90 bits per heavy atom. The fourth-order valence-corrected chi connectivity index (χ4v) is 6.14. The zero-order valence-electron chi connectivity index (χ0n) is 16.6. The van der Waals surface area contributed by atoms with Crippen molar-refractivity contribution in [2.45, 2.75) is 57.4 Å². The minimum atomic E-state index is -4.41. The summed E-state index contributed by atoms with van der Waals surface area (Å²) >= 11 is 0. The van der Waals surface area contributed by atoms with E-state index in [-0.39, 0.29) is 24.1 Å². The molecule has 30 heavy (non-hydrogen) atoms. The zero-order valence-corrected chi connectivity index (χ0v) is 17.4. The molecule has 0 radical (unpaired) electrons. The molecule has 1 saturated carbocycles. The molecule has 1 aliphatic carbocycles. The van der Waals surface area contributed by atoms with Gasteiger partial charge in [0.15, 0.2) is 4.88 Å². The highest BCUT2D eigenvalue weighted by atomic mass is 32.2. The number of hydrogen-bond acceptors (Lipinski definition) is 3. The molecule has 7 nitrogen and oxygen atoms in total. The molecule has 2 amide bonds. The number of carbonyl (C=O) groups excluding carboxylic acids is 1. The quantitative estimate of drug-likeness (QED) is 0.719. The predicted molar refractivity (Wildman–Crippen MR) is 108 cm³/mol. The monoisotopic (exact) mass is 445 g/mol. The molecule has 1 unspecified atom stereocenters. The van der Waals surface area contributed by atoms with Gasteiger partial charge in [0.1, 0.15) is 11.8 Å². The number of aromatic nitrogens is 2. The van der Waals surface area contributed by atoms with Crippen LogP contribution in [0, 0.1) is 0 Å². The molecule has 1 atom stereocenters. The summed E-state index contributed by atoms with van der Waals surface area (Å²) in [5.74, 6) is 0. The van der Waals surface area contributed by atoms with E-state index in [0.717, 1.165) is 22.3 Å². The molecule has 2 aliphatic rings. The SMILES string of the molecule is C[s+]1c(CN2CCNC2=O)cc2c1c(=O)n(C1CCCC1)c(=O)n2CCC(F)(F)F. The third-order valence-corrected chi connectivity index (χ3v) is 8.00. The van der Waals surface area contributed by atoms with E-state index in [1.54, 1.807) is 11.0 Å². The molecule has 11 heteroatoms. The van der Waals surface area contributed by atoms with Crippen LogP contribution < -0.4 is 16.6 Å². The van der Waals surface area contributed by atoms with E-state index in [4.69, 9.17) is 0 Å². The first kappa shape index (κ1) is 21.0. The summed E-state index contributed by atoms with van der Waals surface area (Å²) in [5, 5.41) is 2.71. The third kappa shape index (κ3) is 3.75. The smallest absolute Gasteiger partial charge is 0.336 e. The molecule has 4 rings (SSSR count). The molecule has 0 spiro atoms. The van der Waals surface area contributed by atoms with E-state index in [2.05, 4.69) is 5.32 Å². The van der Waals surface area contributed by atoms with Crippen molar-refractivity contribution >= 4 is 26.7 Å². The average molecular weight is 445 g/mol. The fourth-order valence-electron chi connectivity index (χ4n) is 4.40. The van der Waals surface area contributed by atoms with E-state index in [0.29, 0.717) is 30.6 Å². The summed E-state index contributed by atoms with van der Waals surface area (Å²) in [5.41, 5.74) is -0.791. The third-order valence-electron chi connectivity index (χ3n) is 5.97. The molecular weight excluding hydrogens is 421 g/mol. The Labute approximate surface area is 173 Å². The van der Waals surface area contributed by atoms with Gasteiger partial charge in [-0.25, -0.2) is 9.59 Å². The Balaban J connectivity index is 1.87. The van der Waals surface area contributed by atoms with Crippen LogP contribution in [0.1, 0.15) is 43.0 Å². The van der Waals surface area contributed by atoms with Crippen molar-refractivity contribution in [2.24, 2.45) is 6.26 Å². The van der Waals surface area contributed by atoms with E-state index >= 15 is 0 Å². The number of fused-ring (bicyclic) bond motifs is 1. The molecule has 2 aromatic rings. The number of amides is 2. The van der Waals surface area contributed by atoms with Crippen molar-refractivity contribution in [1.82, 2.24) is 19.4 Å². The Morgan fingerprint density at radius 1 is 1.20 bits per heavy atom. The van der Waals surface area contributed by atoms with Crippen molar-refractivity contribution in [3.63, 3.8) is 0 Å². The summed E-state index contributed by atoms with van der Waals surface area (Å²) in [6.07, 6.45) is -0.573. The summed E-state index contributed by atoms with van der Waals surface area (Å²) in [6, 6.07) is 1.17. The first-order valence-corrected chi connectivity index (χ1v) is 11.7. The molecule has 1 aliphatic heterocycles. The highest BCUT2D eigenvalue weighted by molar-refractivity contribution is 7.35. The van der Waals surface area contributed by atoms with Gasteiger partial charge in [-0.1, -0.05) is 12.8 Å². The van der Waals surface area contributed by atoms with Gasteiger partial charge in [-0.2, -0.15) is 13.2 Å². The van der Waals surface area contributed by atoms with Crippen molar-refractivity contribution in [1.29, 1.82) is 0 Å². The van der Waals surface area contributed by atoms with Crippen LogP contribution in [-0.2, 0) is 19.3 Å². The van der Waals surface area contributed by atoms with Crippen molar-refractivity contribution in [3.8, 4) is 0 Å². The lowest BCUT2D eigenvalue weighted by atomic mass is 10.2. The first-order valence-electron chi connectivity index (χ1n) is 10.0. The van der Waals surface area contributed by atoms with Gasteiger partial charge in [0.2, 0.25) is 0 Å². The van der Waals surface area contributed by atoms with Gasteiger partial charge in [-0.15, -0.1) is 0 Å². The maximum Gasteiger partial charge on any atom is 0.390 e. The van der Waals surface area contributed by atoms with Crippen LogP contribution in [0.15, 0.2) is 15.7 Å². The van der Waals surface area contributed by atoms with Gasteiger partial charge in [-0.3, -0.25) is 13.9 Å². The zero-order chi connectivity index (χ0) is 21.6. The van der Waals surface area contributed by atoms with Crippen molar-refractivity contribution in [3.05, 3.63) is 31.8 Å². The van der Waals surface area contributed by atoms with E-state index in [9.17, 15) is 27.6 Å². The van der Waals surface area contributed by atoms with Gasteiger partial charge >= 0.3 is 23.5 Å². The number of rotatable bonds is 5. The maximum atomic E-state index is 13.3. The number of thiophene rings is 1. The topological polar surface area (TPSA) is 76.3 Å². The van der Waals surface area contributed by atoms with Gasteiger partial charge in [0.05, 0.1) is 13.0 Å². The van der Waals surface area contributed by atoms with Crippen LogP contribution in [0.5, 0.6) is 0 Å². The summed E-state index contributed by atoms with van der Waals surface area (Å²) in [4.78, 5) is 40.7. The van der Waals surface area contributed by atoms with Gasteiger partial charge < -0.3 is 10.2 Å². The fraction of sp³-hybridized carbons (Fsp3) is 0.632. The molecular formula is C19H24F3N4O3S+. The first-order chi connectivity index (χ1) is 14.2. The second-order valence-corrected chi connectivity index (χ2v) is 9.85. The van der Waals surface area contributed by atoms with Crippen molar-refractivity contribution in [2.75, 3.05) is 13.1 Å². The lowest BCUT2D eigenvalue weighted by Gasteiger charge is -2.16. The lowest BCUT2D eigenvalue weighted by molar-refractivity contribution is -0.136. The van der Waals surface area contributed by atoms with Crippen LogP contribution in [0.2, 0.25) is 0 Å². The number of nitrogens with zero attached hydrogens (tertiary/aromatic N) is 3. The predicted octanol–water partition coefficient (Wildman–Crippen LogP) is 3.04. The molecule has 2 aromatic heterocycles. The van der Waals surface area contributed by atoms with E-state index < -0.39 is 40.9 Å². The summed E-state index contributed by atoms with van der Waals surface area (Å²) < 4.78 is 41.5. The number of nitrogens with one attached hydrogen (secondary N) is 1. The number of halogens is 3. The van der Waals surface area contributed by atoms with Crippen LogP contribution in [0.25, 0.3) is 10.2 Å². The van der Waals surface area contributed by atoms with Gasteiger partial charge in [-0.05, 0) is 23.3 Å². The molecule has 164 valence electrons. The standard InChI is InChI=1S/C19H23F3N4O3S/c1-30-13(11-24-9-7-23-17(24)28)10-14-15(30)16(27)26(12-4-2-3-5-12)18(29)25(14)8-6-19(20,21)22/h10,12H,2-9,11H2,1H3/p+1. The Morgan fingerprint density at radius 3 is 2.50 bits per heavy atom. The maximum absolute atomic E-state index is 13.3. The number of aryl methyl sites for hydroxylation is 2. The molecule has 3 heterocycles. The van der Waals surface area contributed by atoms with E-state index in [1.807, 2.05) is 6.26 Å². The van der Waals surface area contributed by atoms with Crippen LogP contribution in [0.4, 0.5) is 18.0 Å². The molecule has 0 bridgehead atoms. The average Bonchev–Trinajstić information content (AvgIpc) is 3.38. The van der Waals surface area contributed by atoms with Crippen LogP contribution in [0.3, 0.4) is 0 Å². The second kappa shape index (κ2) is 7.75. The summed E-state index contributed by atoms with van der Waals surface area (Å²) in [7, 11) is -0.697. The number of carbonyl (C=O) groups is 1. The Hall–Kier alpha value is -2.30. The highest BCUT2D eigenvalue weighted by Gasteiger charge is 2.33. The van der Waals surface area contributed by atoms with Gasteiger partial charge in [0, 0.05) is 31.7 Å². The largest absolute Gasteiger partial charge is 0.390 e. The lowest BCUT2D eigenvalue weighted by Crippen LogP contribution is -2.42. The number of alkyl halides is 3. The molecule has 0 aromatic carbocycles.